The van der Waals surface area contributed by atoms with Crippen LogP contribution in [-0.4, -0.2) is 24.9 Å². The van der Waals surface area contributed by atoms with Crippen molar-refractivity contribution in [3.63, 3.8) is 0 Å². The molecule has 1 amide bonds. The maximum atomic E-state index is 11.3. The second-order valence-electron chi connectivity index (χ2n) is 2.71. The highest BCUT2D eigenvalue weighted by molar-refractivity contribution is 6.24. The molecule has 0 aromatic rings. The third kappa shape index (κ3) is 1.18. The number of hydrogen-bond donors (Lipinski definition) is 0. The zero-order chi connectivity index (χ0) is 9.26. The summed E-state index contributed by atoms with van der Waals surface area (Å²) < 4.78 is 0. The Morgan fingerprint density at radius 1 is 1.31 bits per heavy atom. The number of allylic oxidation sites excluding steroid dienone is 4. The van der Waals surface area contributed by atoms with Gasteiger partial charge in [-0.25, -0.2) is 4.99 Å². The molecular weight excluding hydrogens is 164 g/mol. The molecule has 0 fully saturated rings. The first-order valence-corrected chi connectivity index (χ1v) is 3.97. The SMILES string of the molecule is CN=C1C=CC=C2C(=O)N=CC=C21. The van der Waals surface area contributed by atoms with E-state index in [9.17, 15) is 4.79 Å². The number of nitrogens with zero attached hydrogens (tertiary/aromatic N) is 2. The fourth-order valence-electron chi connectivity index (χ4n) is 1.36. The Bertz CT molecular complexity index is 409. The van der Waals surface area contributed by atoms with E-state index >= 15 is 0 Å². The molecule has 13 heavy (non-hydrogen) atoms. The van der Waals surface area contributed by atoms with Gasteiger partial charge in [0, 0.05) is 18.8 Å². The van der Waals surface area contributed by atoms with E-state index in [-0.39, 0.29) is 5.91 Å². The summed E-state index contributed by atoms with van der Waals surface area (Å²) in [6, 6.07) is 0. The van der Waals surface area contributed by atoms with Crippen LogP contribution in [0.1, 0.15) is 0 Å². The highest BCUT2D eigenvalue weighted by Crippen LogP contribution is 2.20. The van der Waals surface area contributed by atoms with E-state index in [1.54, 1.807) is 19.2 Å². The molecule has 0 unspecified atom stereocenters. The van der Waals surface area contributed by atoms with Gasteiger partial charge in [0.15, 0.2) is 0 Å². The summed E-state index contributed by atoms with van der Waals surface area (Å²) in [5.41, 5.74) is 2.33. The topological polar surface area (TPSA) is 41.8 Å². The molecule has 0 saturated heterocycles. The number of amides is 1. The average molecular weight is 172 g/mol. The summed E-state index contributed by atoms with van der Waals surface area (Å²) >= 11 is 0. The Morgan fingerprint density at radius 3 is 2.92 bits per heavy atom. The molecule has 3 nitrogen and oxygen atoms in total. The third-order valence-corrected chi connectivity index (χ3v) is 1.99. The van der Waals surface area contributed by atoms with E-state index in [0.29, 0.717) is 5.57 Å². The van der Waals surface area contributed by atoms with E-state index < -0.39 is 0 Å². The van der Waals surface area contributed by atoms with Crippen LogP contribution in [0.25, 0.3) is 0 Å². The first kappa shape index (κ1) is 7.86. The van der Waals surface area contributed by atoms with Gasteiger partial charge in [-0.15, -0.1) is 0 Å². The zero-order valence-electron chi connectivity index (χ0n) is 7.19. The molecule has 0 aromatic carbocycles. The summed E-state index contributed by atoms with van der Waals surface area (Å²) in [7, 11) is 1.71. The van der Waals surface area contributed by atoms with Gasteiger partial charge in [0.05, 0.1) is 11.3 Å². The molecule has 0 radical (unpaired) electrons. The number of hydrogen-bond acceptors (Lipinski definition) is 2. The Labute approximate surface area is 75.9 Å². The van der Waals surface area contributed by atoms with Gasteiger partial charge in [0.25, 0.3) is 5.91 Å². The van der Waals surface area contributed by atoms with Crippen molar-refractivity contribution in [2.45, 2.75) is 0 Å². The average Bonchev–Trinajstić information content (AvgIpc) is 2.18. The number of rotatable bonds is 0. The van der Waals surface area contributed by atoms with Gasteiger partial charge in [-0.1, -0.05) is 6.08 Å². The number of dihydropyridines is 1. The van der Waals surface area contributed by atoms with Crippen molar-refractivity contribution in [3.05, 3.63) is 35.5 Å². The minimum Gasteiger partial charge on any atom is -0.288 e. The summed E-state index contributed by atoms with van der Waals surface area (Å²) in [5, 5.41) is 0. The predicted molar refractivity (Wildman–Crippen MR) is 52.2 cm³/mol. The van der Waals surface area contributed by atoms with Gasteiger partial charge in [0.1, 0.15) is 0 Å². The lowest BCUT2D eigenvalue weighted by atomic mass is 9.94. The first-order valence-electron chi connectivity index (χ1n) is 3.97. The summed E-state index contributed by atoms with van der Waals surface area (Å²) in [6.45, 7) is 0. The van der Waals surface area contributed by atoms with Crippen LogP contribution < -0.4 is 0 Å². The quantitative estimate of drug-likeness (QED) is 0.539. The van der Waals surface area contributed by atoms with Crippen molar-refractivity contribution in [1.82, 2.24) is 0 Å². The molecule has 2 rings (SSSR count). The lowest BCUT2D eigenvalue weighted by molar-refractivity contribution is -0.114. The van der Waals surface area contributed by atoms with Crippen molar-refractivity contribution < 1.29 is 4.79 Å². The van der Waals surface area contributed by atoms with Gasteiger partial charge in [-0.3, -0.25) is 9.79 Å². The minimum absolute atomic E-state index is 0.192. The molecule has 0 atom stereocenters. The number of carbonyl (C=O) groups is 1. The van der Waals surface area contributed by atoms with Crippen molar-refractivity contribution in [2.75, 3.05) is 7.05 Å². The third-order valence-electron chi connectivity index (χ3n) is 1.99. The van der Waals surface area contributed by atoms with E-state index in [4.69, 9.17) is 0 Å². The molecule has 2 aliphatic rings. The van der Waals surface area contributed by atoms with Gasteiger partial charge < -0.3 is 0 Å². The molecule has 0 spiro atoms. The molecule has 3 heteroatoms. The van der Waals surface area contributed by atoms with Crippen LogP contribution in [0, 0.1) is 0 Å². The fourth-order valence-corrected chi connectivity index (χ4v) is 1.36. The zero-order valence-corrected chi connectivity index (χ0v) is 7.19. The van der Waals surface area contributed by atoms with Crippen LogP contribution in [0.2, 0.25) is 0 Å². The number of carbonyl (C=O) groups excluding carboxylic acids is 1. The van der Waals surface area contributed by atoms with Crippen LogP contribution >= 0.6 is 0 Å². The largest absolute Gasteiger partial charge is 0.288 e. The highest BCUT2D eigenvalue weighted by Gasteiger charge is 2.20. The Morgan fingerprint density at radius 2 is 2.15 bits per heavy atom. The smallest absolute Gasteiger partial charge is 0.277 e. The van der Waals surface area contributed by atoms with Crippen molar-refractivity contribution in [2.24, 2.45) is 9.98 Å². The van der Waals surface area contributed by atoms with E-state index in [1.807, 2.05) is 12.2 Å². The lowest BCUT2D eigenvalue weighted by Gasteiger charge is -2.13. The van der Waals surface area contributed by atoms with Crippen LogP contribution in [0.3, 0.4) is 0 Å². The Kier molecular flexibility index (Phi) is 1.77. The second kappa shape index (κ2) is 2.94. The molecule has 0 saturated carbocycles. The van der Waals surface area contributed by atoms with Crippen LogP contribution in [0.4, 0.5) is 0 Å². The molecule has 1 heterocycles. The number of fused-ring (bicyclic) bond motifs is 1. The minimum atomic E-state index is -0.192. The van der Waals surface area contributed by atoms with E-state index in [0.717, 1.165) is 11.3 Å². The molecule has 1 aliphatic carbocycles. The van der Waals surface area contributed by atoms with Crippen molar-refractivity contribution >= 4 is 17.8 Å². The molecule has 0 bridgehead atoms. The molecule has 0 N–H and O–H groups in total. The van der Waals surface area contributed by atoms with E-state index in [1.165, 1.54) is 6.21 Å². The van der Waals surface area contributed by atoms with Gasteiger partial charge in [-0.05, 0) is 18.2 Å². The lowest BCUT2D eigenvalue weighted by Crippen LogP contribution is -2.15. The fraction of sp³-hybridized carbons (Fsp3) is 0.100. The summed E-state index contributed by atoms with van der Waals surface area (Å²) in [6.07, 6.45) is 8.77. The van der Waals surface area contributed by atoms with Crippen molar-refractivity contribution in [3.8, 4) is 0 Å². The van der Waals surface area contributed by atoms with Crippen LogP contribution in [-0.2, 0) is 4.79 Å². The Hall–Kier alpha value is -1.77. The van der Waals surface area contributed by atoms with Crippen molar-refractivity contribution in [1.29, 1.82) is 0 Å². The van der Waals surface area contributed by atoms with Gasteiger partial charge >= 0.3 is 0 Å². The molecule has 1 aliphatic heterocycles. The van der Waals surface area contributed by atoms with E-state index in [2.05, 4.69) is 9.98 Å². The highest BCUT2D eigenvalue weighted by atomic mass is 16.1. The first-order chi connectivity index (χ1) is 6.33. The number of aliphatic imine (C=N–C) groups is 2. The summed E-state index contributed by atoms with van der Waals surface area (Å²) in [5.74, 6) is -0.192. The molecule has 0 aromatic heterocycles. The van der Waals surface area contributed by atoms with Crippen LogP contribution in [0.5, 0.6) is 0 Å². The van der Waals surface area contributed by atoms with Gasteiger partial charge in [-0.2, -0.15) is 0 Å². The predicted octanol–water partition coefficient (Wildman–Crippen LogP) is 1.09. The standard InChI is InChI=1S/C10H8N2O/c1-11-9-4-2-3-8-7(9)5-6-12-10(8)13/h2-6H,1H3. The molecular formula is C10H8N2O. The summed E-state index contributed by atoms with van der Waals surface area (Å²) in [4.78, 5) is 19.1. The Balaban J connectivity index is 2.56. The molecule has 64 valence electrons. The normalized spacial score (nSPS) is 22.8. The second-order valence-corrected chi connectivity index (χ2v) is 2.71. The van der Waals surface area contributed by atoms with Crippen LogP contribution in [0.15, 0.2) is 45.4 Å². The maximum absolute atomic E-state index is 11.3. The maximum Gasteiger partial charge on any atom is 0.277 e. The van der Waals surface area contributed by atoms with Gasteiger partial charge in [0.2, 0.25) is 0 Å². The monoisotopic (exact) mass is 172 g/mol.